The molecule has 84 valence electrons. The van der Waals surface area contributed by atoms with E-state index in [9.17, 15) is 0 Å². The molecule has 0 atom stereocenters. The molecule has 0 aromatic rings. The van der Waals surface area contributed by atoms with Gasteiger partial charge in [0, 0.05) is 6.92 Å². The molecular formula is C11H23ClN2. The van der Waals surface area contributed by atoms with Gasteiger partial charge in [0.05, 0.1) is 13.6 Å². The van der Waals surface area contributed by atoms with E-state index in [0.717, 1.165) is 0 Å². The molecule has 0 saturated heterocycles. The average molecular weight is 219 g/mol. The van der Waals surface area contributed by atoms with Gasteiger partial charge in [-0.25, -0.2) is 0 Å². The molecule has 0 bridgehead atoms. The van der Waals surface area contributed by atoms with Gasteiger partial charge < -0.3 is 12.4 Å². The molecule has 0 radical (unpaired) electrons. The first-order chi connectivity index (χ1) is 6.25. The Bertz CT molecular complexity index is 190. The van der Waals surface area contributed by atoms with E-state index < -0.39 is 0 Å². The Balaban J connectivity index is 0.00000169. The van der Waals surface area contributed by atoms with Gasteiger partial charge in [-0.05, 0) is 12.8 Å². The van der Waals surface area contributed by atoms with Gasteiger partial charge in [-0.3, -0.25) is 9.48 Å². The number of rotatable bonds is 5. The maximum atomic E-state index is 2.51. The second kappa shape index (κ2) is 7.10. The fourth-order valence-corrected chi connectivity index (χ4v) is 1.84. The number of hydrogen-bond acceptors (Lipinski definition) is 1. The van der Waals surface area contributed by atoms with Crippen LogP contribution in [0.3, 0.4) is 0 Å². The quantitative estimate of drug-likeness (QED) is 0.422. The standard InChI is InChI=1S/C11H23N2.ClH/c1-4-5-6-7-8-13-10-9-12(3)11(13)2;/h4-10H2,1-3H3;1H/q+1;/p-1. The highest BCUT2D eigenvalue weighted by atomic mass is 35.5. The van der Waals surface area contributed by atoms with Crippen LogP contribution in [-0.4, -0.2) is 42.0 Å². The highest BCUT2D eigenvalue weighted by Gasteiger charge is 2.22. The molecule has 3 heteroatoms. The fourth-order valence-electron chi connectivity index (χ4n) is 1.84. The molecule has 0 spiro atoms. The van der Waals surface area contributed by atoms with Crippen molar-refractivity contribution in [3.63, 3.8) is 0 Å². The van der Waals surface area contributed by atoms with E-state index in [0.29, 0.717) is 0 Å². The summed E-state index contributed by atoms with van der Waals surface area (Å²) in [6.45, 7) is 8.19. The van der Waals surface area contributed by atoms with Gasteiger partial charge in [0.2, 0.25) is 5.84 Å². The summed E-state index contributed by atoms with van der Waals surface area (Å²) in [6, 6.07) is 0. The Morgan fingerprint density at radius 3 is 2.50 bits per heavy atom. The number of amidine groups is 1. The average Bonchev–Trinajstić information content (AvgIpc) is 2.43. The normalized spacial score (nSPS) is 16.1. The van der Waals surface area contributed by atoms with Crippen LogP contribution in [0.2, 0.25) is 0 Å². The van der Waals surface area contributed by atoms with Crippen molar-refractivity contribution in [1.29, 1.82) is 0 Å². The maximum absolute atomic E-state index is 2.51. The van der Waals surface area contributed by atoms with Gasteiger partial charge >= 0.3 is 0 Å². The second-order valence-electron chi connectivity index (χ2n) is 4.02. The van der Waals surface area contributed by atoms with Gasteiger partial charge in [0.1, 0.15) is 13.1 Å². The van der Waals surface area contributed by atoms with Crippen LogP contribution in [0.15, 0.2) is 0 Å². The second-order valence-corrected chi connectivity index (χ2v) is 4.02. The predicted molar refractivity (Wildman–Crippen MR) is 57.4 cm³/mol. The summed E-state index contributed by atoms with van der Waals surface area (Å²) >= 11 is 0. The van der Waals surface area contributed by atoms with Crippen LogP contribution in [0.25, 0.3) is 0 Å². The smallest absolute Gasteiger partial charge is 0.243 e. The molecule has 1 aliphatic heterocycles. The Hall–Kier alpha value is -0.240. The molecule has 1 heterocycles. The van der Waals surface area contributed by atoms with E-state index >= 15 is 0 Å². The zero-order valence-electron chi connectivity index (χ0n) is 9.72. The highest BCUT2D eigenvalue weighted by Crippen LogP contribution is 2.05. The van der Waals surface area contributed by atoms with Gasteiger partial charge in [-0.1, -0.05) is 19.8 Å². The summed E-state index contributed by atoms with van der Waals surface area (Å²) in [5, 5.41) is 0. The van der Waals surface area contributed by atoms with Gasteiger partial charge in [-0.2, -0.15) is 0 Å². The number of halogens is 1. The van der Waals surface area contributed by atoms with E-state index in [-0.39, 0.29) is 12.4 Å². The summed E-state index contributed by atoms with van der Waals surface area (Å²) in [6.07, 6.45) is 5.48. The molecule has 0 unspecified atom stereocenters. The Labute approximate surface area is 94.4 Å². The Kier molecular flexibility index (Phi) is 6.98. The van der Waals surface area contributed by atoms with Crippen LogP contribution in [0.4, 0.5) is 0 Å². The third kappa shape index (κ3) is 3.87. The highest BCUT2D eigenvalue weighted by molar-refractivity contribution is 5.75. The predicted octanol–water partition coefficient (Wildman–Crippen LogP) is -1.05. The van der Waals surface area contributed by atoms with Crippen LogP contribution < -0.4 is 12.4 Å². The van der Waals surface area contributed by atoms with E-state index in [2.05, 4.69) is 30.4 Å². The number of likely N-dealkylation sites (N-methyl/N-ethyl adjacent to an activating group) is 1. The topological polar surface area (TPSA) is 6.25 Å². The minimum atomic E-state index is 0. The SMILES string of the molecule is CCCCCCN1CC[N+](C)=C1C.[Cl-]. The van der Waals surface area contributed by atoms with E-state index in [1.165, 1.54) is 51.2 Å². The van der Waals surface area contributed by atoms with Crippen molar-refractivity contribution in [2.75, 3.05) is 26.7 Å². The van der Waals surface area contributed by atoms with Crippen molar-refractivity contribution in [3.8, 4) is 0 Å². The lowest BCUT2D eigenvalue weighted by atomic mass is 10.2. The van der Waals surface area contributed by atoms with Gasteiger partial charge in [0.15, 0.2) is 0 Å². The van der Waals surface area contributed by atoms with Crippen LogP contribution in [0, 0.1) is 0 Å². The van der Waals surface area contributed by atoms with Crippen LogP contribution in [-0.2, 0) is 0 Å². The number of hydrogen-bond donors (Lipinski definition) is 0. The van der Waals surface area contributed by atoms with Crippen molar-refractivity contribution in [2.45, 2.75) is 39.5 Å². The largest absolute Gasteiger partial charge is 1.00 e. The van der Waals surface area contributed by atoms with Crippen molar-refractivity contribution >= 4 is 5.84 Å². The monoisotopic (exact) mass is 218 g/mol. The minimum absolute atomic E-state index is 0. The van der Waals surface area contributed by atoms with Crippen LogP contribution in [0.5, 0.6) is 0 Å². The first-order valence-electron chi connectivity index (χ1n) is 5.55. The summed E-state index contributed by atoms with van der Waals surface area (Å²) in [5.74, 6) is 1.46. The van der Waals surface area contributed by atoms with Crippen LogP contribution >= 0.6 is 0 Å². The lowest BCUT2D eigenvalue weighted by Gasteiger charge is -2.09. The summed E-state index contributed by atoms with van der Waals surface area (Å²) < 4.78 is 2.35. The van der Waals surface area contributed by atoms with Crippen molar-refractivity contribution < 1.29 is 17.0 Å². The fraction of sp³-hybridized carbons (Fsp3) is 0.909. The molecule has 1 rings (SSSR count). The van der Waals surface area contributed by atoms with E-state index in [1.807, 2.05) is 0 Å². The third-order valence-corrected chi connectivity index (χ3v) is 3.00. The molecule has 0 amide bonds. The summed E-state index contributed by atoms with van der Waals surface area (Å²) in [5.41, 5.74) is 0. The molecule has 0 saturated carbocycles. The molecule has 14 heavy (non-hydrogen) atoms. The summed E-state index contributed by atoms with van der Waals surface area (Å²) in [4.78, 5) is 2.51. The van der Waals surface area contributed by atoms with Crippen molar-refractivity contribution in [1.82, 2.24) is 4.90 Å². The zero-order valence-corrected chi connectivity index (χ0v) is 10.5. The number of nitrogens with zero attached hydrogens (tertiary/aromatic N) is 2. The molecule has 0 N–H and O–H groups in total. The maximum Gasteiger partial charge on any atom is 0.243 e. The Morgan fingerprint density at radius 2 is 2.00 bits per heavy atom. The number of unbranched alkanes of at least 4 members (excludes halogenated alkanes) is 3. The first-order valence-corrected chi connectivity index (χ1v) is 5.55. The first kappa shape index (κ1) is 13.8. The Morgan fingerprint density at radius 1 is 1.29 bits per heavy atom. The van der Waals surface area contributed by atoms with Gasteiger partial charge in [0.25, 0.3) is 0 Å². The molecule has 1 aliphatic rings. The lowest BCUT2D eigenvalue weighted by Crippen LogP contribution is -3.00. The van der Waals surface area contributed by atoms with E-state index in [1.54, 1.807) is 0 Å². The van der Waals surface area contributed by atoms with E-state index in [4.69, 9.17) is 0 Å². The van der Waals surface area contributed by atoms with Crippen molar-refractivity contribution in [2.24, 2.45) is 0 Å². The minimum Gasteiger partial charge on any atom is -1.00 e. The lowest BCUT2D eigenvalue weighted by molar-refractivity contribution is -0.487. The molecule has 0 aromatic heterocycles. The van der Waals surface area contributed by atoms with Gasteiger partial charge in [-0.15, -0.1) is 0 Å². The third-order valence-electron chi connectivity index (χ3n) is 3.00. The molecule has 0 aliphatic carbocycles. The molecule has 2 nitrogen and oxygen atoms in total. The zero-order chi connectivity index (χ0) is 9.68. The molecule has 0 fully saturated rings. The van der Waals surface area contributed by atoms with Crippen molar-refractivity contribution in [3.05, 3.63) is 0 Å². The molecular weight excluding hydrogens is 196 g/mol. The summed E-state index contributed by atoms with van der Waals surface area (Å²) in [7, 11) is 2.18. The van der Waals surface area contributed by atoms with Crippen LogP contribution in [0.1, 0.15) is 39.5 Å². The molecule has 0 aromatic carbocycles.